The summed E-state index contributed by atoms with van der Waals surface area (Å²) < 4.78 is 15.8. The second-order valence-electron chi connectivity index (χ2n) is 8.94. The van der Waals surface area contributed by atoms with Crippen molar-refractivity contribution in [2.75, 3.05) is 18.4 Å². The fraction of sp³-hybridized carbons (Fsp3) is 0.320. The van der Waals surface area contributed by atoms with Gasteiger partial charge in [-0.05, 0) is 50.5 Å². The summed E-state index contributed by atoms with van der Waals surface area (Å²) in [7, 11) is 1.79. The third kappa shape index (κ3) is 4.46. The first-order chi connectivity index (χ1) is 17.2. The molecule has 4 aromatic rings. The van der Waals surface area contributed by atoms with Gasteiger partial charge in [-0.15, -0.1) is 11.3 Å². The van der Waals surface area contributed by atoms with Crippen LogP contribution in [0.5, 0.6) is 0 Å². The van der Waals surface area contributed by atoms with E-state index in [-0.39, 0.29) is 22.4 Å². The Hall–Kier alpha value is -3.37. The van der Waals surface area contributed by atoms with Crippen molar-refractivity contribution in [3.05, 3.63) is 68.0 Å². The van der Waals surface area contributed by atoms with Crippen molar-refractivity contribution in [2.24, 2.45) is 7.05 Å². The maximum absolute atomic E-state index is 14.2. The summed E-state index contributed by atoms with van der Waals surface area (Å²) in [6, 6.07) is 6.18. The van der Waals surface area contributed by atoms with Crippen molar-refractivity contribution in [1.29, 1.82) is 0 Å². The quantitative estimate of drug-likeness (QED) is 0.399. The molecule has 0 saturated carbocycles. The van der Waals surface area contributed by atoms with Crippen LogP contribution in [0.25, 0.3) is 11.0 Å². The molecule has 3 aromatic heterocycles. The highest BCUT2D eigenvalue weighted by molar-refractivity contribution is 7.10. The maximum Gasteiger partial charge on any atom is 0.276 e. The molecule has 1 aromatic carbocycles. The molecule has 4 heterocycles. The van der Waals surface area contributed by atoms with Gasteiger partial charge >= 0.3 is 0 Å². The molecule has 0 radical (unpaired) electrons. The predicted octanol–water partition coefficient (Wildman–Crippen LogP) is 5.11. The average molecular weight is 527 g/mol. The summed E-state index contributed by atoms with van der Waals surface area (Å²) >= 11 is 7.49. The molecular weight excluding hydrogens is 503 g/mol. The highest BCUT2D eigenvalue weighted by atomic mass is 35.5. The monoisotopic (exact) mass is 526 g/mol. The van der Waals surface area contributed by atoms with Gasteiger partial charge in [0.05, 0.1) is 21.0 Å². The van der Waals surface area contributed by atoms with E-state index in [0.29, 0.717) is 43.1 Å². The Morgan fingerprint density at radius 3 is 2.67 bits per heavy atom. The molecule has 1 saturated heterocycles. The number of fused-ring (bicyclic) bond motifs is 1. The van der Waals surface area contributed by atoms with E-state index in [2.05, 4.69) is 20.4 Å². The fourth-order valence-corrected chi connectivity index (χ4v) is 5.83. The standard InChI is InChI=1S/C25H24ClFN6O2S/c1-13-11-14(2)28-22-19(13)21(31-32(22)3)30-23(34)18-12-36-24(29-18)15-7-9-33(10-8-15)25(35)20-16(26)5-4-6-17(20)27/h4-6,11-12,15H,7-10H2,1-3H3,(H,30,31,34). The molecule has 0 atom stereocenters. The average Bonchev–Trinajstić information content (AvgIpc) is 3.44. The first-order valence-corrected chi connectivity index (χ1v) is 12.8. The van der Waals surface area contributed by atoms with Crippen molar-refractivity contribution >= 4 is 51.6 Å². The SMILES string of the molecule is Cc1cc(C)c2c(NC(=O)c3csc(C4CCN(C(=O)c5c(F)cccc5Cl)CC4)n3)nn(C)c2n1. The summed E-state index contributed by atoms with van der Waals surface area (Å²) in [5.74, 6) is -0.790. The van der Waals surface area contributed by atoms with Crippen LogP contribution in [0.15, 0.2) is 29.6 Å². The van der Waals surface area contributed by atoms with Crippen LogP contribution in [0, 0.1) is 19.7 Å². The molecule has 0 spiro atoms. The summed E-state index contributed by atoms with van der Waals surface area (Å²) in [6.45, 7) is 4.80. The lowest BCUT2D eigenvalue weighted by molar-refractivity contribution is 0.0708. The number of pyridine rings is 1. The highest BCUT2D eigenvalue weighted by Crippen LogP contribution is 2.32. The van der Waals surface area contributed by atoms with Crippen LogP contribution >= 0.6 is 22.9 Å². The summed E-state index contributed by atoms with van der Waals surface area (Å²) in [6.07, 6.45) is 1.34. The molecule has 5 rings (SSSR count). The van der Waals surface area contributed by atoms with Gasteiger partial charge in [-0.25, -0.2) is 19.0 Å². The molecule has 1 N–H and O–H groups in total. The number of amides is 2. The Balaban J connectivity index is 1.26. The van der Waals surface area contributed by atoms with Crippen molar-refractivity contribution < 1.29 is 14.0 Å². The van der Waals surface area contributed by atoms with Gasteiger partial charge in [-0.1, -0.05) is 17.7 Å². The number of nitrogens with one attached hydrogen (secondary N) is 1. The summed E-state index contributed by atoms with van der Waals surface area (Å²) in [4.78, 5) is 36.5. The molecule has 1 aliphatic rings. The molecular formula is C25H24ClFN6O2S. The number of hydrogen-bond donors (Lipinski definition) is 1. The van der Waals surface area contributed by atoms with Crippen molar-refractivity contribution in [2.45, 2.75) is 32.6 Å². The van der Waals surface area contributed by atoms with Gasteiger partial charge in [0.1, 0.15) is 11.5 Å². The molecule has 0 unspecified atom stereocenters. The summed E-state index contributed by atoms with van der Waals surface area (Å²) in [5, 5.41) is 10.8. The maximum atomic E-state index is 14.2. The number of hydrogen-bond acceptors (Lipinski definition) is 6. The van der Waals surface area contributed by atoms with E-state index in [9.17, 15) is 14.0 Å². The van der Waals surface area contributed by atoms with E-state index in [4.69, 9.17) is 11.6 Å². The third-order valence-electron chi connectivity index (χ3n) is 6.41. The van der Waals surface area contributed by atoms with Gasteiger partial charge < -0.3 is 10.2 Å². The van der Waals surface area contributed by atoms with E-state index in [1.54, 1.807) is 22.0 Å². The number of carbonyl (C=O) groups is 2. The smallest absolute Gasteiger partial charge is 0.276 e. The number of likely N-dealkylation sites (tertiary alicyclic amines) is 1. The zero-order valence-electron chi connectivity index (χ0n) is 20.0. The Bertz CT molecular complexity index is 1470. The molecule has 0 aliphatic carbocycles. The van der Waals surface area contributed by atoms with Gasteiger partial charge in [0.2, 0.25) is 0 Å². The minimum atomic E-state index is -0.619. The molecule has 11 heteroatoms. The molecule has 1 fully saturated rings. The van der Waals surface area contributed by atoms with Crippen LogP contribution < -0.4 is 5.32 Å². The number of nitrogens with zero attached hydrogens (tertiary/aromatic N) is 5. The van der Waals surface area contributed by atoms with Crippen molar-refractivity contribution in [3.8, 4) is 0 Å². The second-order valence-corrected chi connectivity index (χ2v) is 10.2. The Morgan fingerprint density at radius 2 is 1.94 bits per heavy atom. The lowest BCUT2D eigenvalue weighted by atomic mass is 9.97. The molecule has 8 nitrogen and oxygen atoms in total. The number of benzene rings is 1. The molecule has 1 aliphatic heterocycles. The zero-order chi connectivity index (χ0) is 25.6. The normalized spacial score (nSPS) is 14.4. The van der Waals surface area contributed by atoms with Crippen molar-refractivity contribution in [3.63, 3.8) is 0 Å². The number of rotatable bonds is 4. The topological polar surface area (TPSA) is 93.0 Å². The Morgan fingerprint density at radius 1 is 1.19 bits per heavy atom. The van der Waals surface area contributed by atoms with Gasteiger partial charge in [0, 0.05) is 37.1 Å². The van der Waals surface area contributed by atoms with Crippen LogP contribution in [0.1, 0.15) is 55.9 Å². The highest BCUT2D eigenvalue weighted by Gasteiger charge is 2.29. The fourth-order valence-electron chi connectivity index (χ4n) is 4.62. The Labute approximate surface area is 216 Å². The van der Waals surface area contributed by atoms with Crippen LogP contribution in [-0.4, -0.2) is 49.6 Å². The first-order valence-electron chi connectivity index (χ1n) is 11.5. The number of aromatic nitrogens is 4. The predicted molar refractivity (Wildman–Crippen MR) is 137 cm³/mol. The number of halogens is 2. The minimum absolute atomic E-state index is 0.0894. The van der Waals surface area contributed by atoms with Crippen LogP contribution in [0.4, 0.5) is 10.2 Å². The van der Waals surface area contributed by atoms with Crippen molar-refractivity contribution in [1.82, 2.24) is 24.6 Å². The molecule has 36 heavy (non-hydrogen) atoms. The van der Waals surface area contributed by atoms with E-state index >= 15 is 0 Å². The zero-order valence-corrected chi connectivity index (χ0v) is 21.6. The number of carbonyl (C=O) groups excluding carboxylic acids is 2. The van der Waals surface area contributed by atoms with E-state index in [0.717, 1.165) is 21.7 Å². The largest absolute Gasteiger partial charge is 0.338 e. The molecule has 186 valence electrons. The van der Waals surface area contributed by atoms with E-state index in [1.165, 1.54) is 29.5 Å². The van der Waals surface area contributed by atoms with Gasteiger partial charge in [0.25, 0.3) is 11.8 Å². The van der Waals surface area contributed by atoms with E-state index in [1.807, 2.05) is 19.9 Å². The van der Waals surface area contributed by atoms with Gasteiger partial charge in [0.15, 0.2) is 11.5 Å². The molecule has 0 bridgehead atoms. The van der Waals surface area contributed by atoms with E-state index < -0.39 is 11.7 Å². The number of thiazole rings is 1. The first kappa shape index (κ1) is 24.3. The van der Waals surface area contributed by atoms with Gasteiger partial charge in [-0.2, -0.15) is 5.10 Å². The summed E-state index contributed by atoms with van der Waals surface area (Å²) in [5.41, 5.74) is 2.81. The van der Waals surface area contributed by atoms with Crippen LogP contribution in [0.3, 0.4) is 0 Å². The number of piperidine rings is 1. The molecule has 2 amide bonds. The Kier molecular flexibility index (Phi) is 6.48. The third-order valence-corrected chi connectivity index (χ3v) is 7.74. The minimum Gasteiger partial charge on any atom is -0.338 e. The van der Waals surface area contributed by atoms with Gasteiger partial charge in [-0.3, -0.25) is 9.59 Å². The number of aryl methyl sites for hydroxylation is 3. The second kappa shape index (κ2) is 9.59. The van der Waals surface area contributed by atoms with Crippen LogP contribution in [-0.2, 0) is 7.05 Å². The van der Waals surface area contributed by atoms with Crippen LogP contribution in [0.2, 0.25) is 5.02 Å². The number of anilines is 1. The lowest BCUT2D eigenvalue weighted by Gasteiger charge is -2.31. The lowest BCUT2D eigenvalue weighted by Crippen LogP contribution is -2.38.